The Bertz CT molecular complexity index is 998. The maximum absolute atomic E-state index is 14.8. The molecule has 29 heavy (non-hydrogen) atoms. The van der Waals surface area contributed by atoms with E-state index in [1.165, 1.54) is 18.2 Å². The van der Waals surface area contributed by atoms with Crippen LogP contribution >= 0.6 is 0 Å². The molecular weight excluding hydrogens is 385 g/mol. The lowest BCUT2D eigenvalue weighted by Gasteiger charge is -2.44. The second-order valence-corrected chi connectivity index (χ2v) is 7.26. The molecule has 1 aromatic heterocycles. The van der Waals surface area contributed by atoms with Crippen molar-refractivity contribution in [1.82, 2.24) is 4.98 Å². The number of benzene rings is 1. The average Bonchev–Trinajstić information content (AvgIpc) is 2.69. The van der Waals surface area contributed by atoms with Crippen LogP contribution in [-0.2, 0) is 10.3 Å². The molecule has 2 aromatic rings. The number of aliphatic imine (C=N–C) groups is 1. The van der Waals surface area contributed by atoms with Crippen LogP contribution in [0.1, 0.15) is 41.7 Å². The van der Waals surface area contributed by atoms with Gasteiger partial charge in [0.05, 0.1) is 12.8 Å². The summed E-state index contributed by atoms with van der Waals surface area (Å²) < 4.78 is 47.1. The van der Waals surface area contributed by atoms with E-state index in [0.717, 1.165) is 25.5 Å². The van der Waals surface area contributed by atoms with E-state index in [2.05, 4.69) is 15.3 Å². The smallest absolute Gasteiger partial charge is 0.282 e. The van der Waals surface area contributed by atoms with Crippen LogP contribution in [0.4, 0.5) is 18.9 Å². The number of carbonyl (C=O) groups excluding carboxylic acids is 1. The maximum Gasteiger partial charge on any atom is 0.282 e. The number of amidine groups is 1. The molecule has 152 valence electrons. The first-order valence-corrected chi connectivity index (χ1v) is 9.29. The largest absolute Gasteiger partial charge is 0.465 e. The highest BCUT2D eigenvalue weighted by Crippen LogP contribution is 2.48. The number of halogens is 3. The van der Waals surface area contributed by atoms with Crippen LogP contribution in [0.3, 0.4) is 0 Å². The van der Waals surface area contributed by atoms with E-state index in [-0.39, 0.29) is 17.6 Å². The number of pyridine rings is 1. The van der Waals surface area contributed by atoms with E-state index < -0.39 is 34.6 Å². The van der Waals surface area contributed by atoms with Crippen LogP contribution in [0.15, 0.2) is 35.5 Å². The molecule has 2 heterocycles. The van der Waals surface area contributed by atoms with Gasteiger partial charge in [-0.15, -0.1) is 0 Å². The van der Waals surface area contributed by atoms with Crippen molar-refractivity contribution in [2.75, 3.05) is 11.9 Å². The Hall–Kier alpha value is -3.10. The molecule has 1 aromatic carbocycles. The molecule has 0 bridgehead atoms. The first kappa shape index (κ1) is 19.2. The van der Waals surface area contributed by atoms with Gasteiger partial charge in [0.1, 0.15) is 17.2 Å². The molecule has 9 heteroatoms. The first-order valence-electron chi connectivity index (χ1n) is 9.29. The van der Waals surface area contributed by atoms with E-state index in [4.69, 9.17) is 10.5 Å². The fraction of sp³-hybridized carbons (Fsp3) is 0.350. The van der Waals surface area contributed by atoms with E-state index in [1.54, 1.807) is 0 Å². The summed E-state index contributed by atoms with van der Waals surface area (Å²) in [4.78, 5) is 20.3. The Kier molecular flexibility index (Phi) is 4.89. The number of ether oxygens (including phenoxy) is 1. The Labute approximate surface area is 165 Å². The summed E-state index contributed by atoms with van der Waals surface area (Å²) >= 11 is 0. The summed E-state index contributed by atoms with van der Waals surface area (Å²) in [7, 11) is 0. The topological polar surface area (TPSA) is 89.6 Å². The monoisotopic (exact) mass is 404 g/mol. The number of nitrogens with zero attached hydrogens (tertiary/aromatic N) is 2. The SMILES string of the molecule is NC1=NC2(c3cc(NC(=O)c4ncc(F)cc4F)ccc3F)CCCCC2CO1. The number of carbonyl (C=O) groups is 1. The minimum atomic E-state index is -1.09. The number of fused-ring (bicyclic) bond motifs is 1. The molecule has 0 radical (unpaired) electrons. The van der Waals surface area contributed by atoms with Gasteiger partial charge in [-0.05, 0) is 31.0 Å². The van der Waals surface area contributed by atoms with E-state index in [0.29, 0.717) is 24.7 Å². The predicted octanol–water partition coefficient (Wildman–Crippen LogP) is 3.48. The van der Waals surface area contributed by atoms with E-state index in [9.17, 15) is 18.0 Å². The van der Waals surface area contributed by atoms with Gasteiger partial charge in [-0.1, -0.05) is 12.8 Å². The molecule has 4 rings (SSSR count). The van der Waals surface area contributed by atoms with Crippen molar-refractivity contribution in [3.05, 3.63) is 59.2 Å². The number of hydrogen-bond donors (Lipinski definition) is 2. The van der Waals surface area contributed by atoms with E-state index >= 15 is 0 Å². The van der Waals surface area contributed by atoms with Crippen molar-refractivity contribution in [3.8, 4) is 0 Å². The van der Waals surface area contributed by atoms with Crippen LogP contribution in [0.2, 0.25) is 0 Å². The molecule has 1 amide bonds. The summed E-state index contributed by atoms with van der Waals surface area (Å²) in [5.74, 6) is -3.36. The summed E-state index contributed by atoms with van der Waals surface area (Å²) in [6.07, 6.45) is 4.01. The van der Waals surface area contributed by atoms with Gasteiger partial charge in [-0.3, -0.25) is 4.79 Å². The highest BCUT2D eigenvalue weighted by Gasteiger charge is 2.47. The van der Waals surface area contributed by atoms with Gasteiger partial charge in [-0.2, -0.15) is 0 Å². The second kappa shape index (κ2) is 7.38. The van der Waals surface area contributed by atoms with E-state index in [1.807, 2.05) is 0 Å². The highest BCUT2D eigenvalue weighted by atomic mass is 19.1. The number of nitrogens with two attached hydrogens (primary N) is 1. The van der Waals surface area contributed by atoms with Crippen LogP contribution in [0, 0.1) is 23.4 Å². The van der Waals surface area contributed by atoms with Crippen molar-refractivity contribution in [3.63, 3.8) is 0 Å². The predicted molar refractivity (Wildman–Crippen MR) is 99.7 cm³/mol. The molecule has 1 aliphatic carbocycles. The van der Waals surface area contributed by atoms with Crippen molar-refractivity contribution in [1.29, 1.82) is 0 Å². The first-order chi connectivity index (χ1) is 13.9. The van der Waals surface area contributed by atoms with Crippen LogP contribution in [-0.4, -0.2) is 23.5 Å². The Morgan fingerprint density at radius 1 is 1.21 bits per heavy atom. The Balaban J connectivity index is 1.69. The Morgan fingerprint density at radius 3 is 2.83 bits per heavy atom. The van der Waals surface area contributed by atoms with Crippen LogP contribution < -0.4 is 11.1 Å². The minimum Gasteiger partial charge on any atom is -0.465 e. The normalized spacial score (nSPS) is 23.6. The molecule has 2 unspecified atom stereocenters. The fourth-order valence-electron chi connectivity index (χ4n) is 4.13. The summed E-state index contributed by atoms with van der Waals surface area (Å²) in [5.41, 5.74) is 4.92. The number of amides is 1. The molecule has 2 atom stereocenters. The maximum atomic E-state index is 14.8. The molecule has 1 fully saturated rings. The highest BCUT2D eigenvalue weighted by molar-refractivity contribution is 6.03. The van der Waals surface area contributed by atoms with Crippen molar-refractivity contribution >= 4 is 17.6 Å². The fourth-order valence-corrected chi connectivity index (χ4v) is 4.13. The lowest BCUT2D eigenvalue weighted by Crippen LogP contribution is -2.46. The minimum absolute atomic E-state index is 0.00886. The van der Waals surface area contributed by atoms with Gasteiger partial charge in [0.15, 0.2) is 11.5 Å². The Morgan fingerprint density at radius 2 is 2.03 bits per heavy atom. The molecule has 2 aliphatic rings. The van der Waals surface area contributed by atoms with Gasteiger partial charge < -0.3 is 15.8 Å². The molecule has 3 N–H and O–H groups in total. The number of hydrogen-bond acceptors (Lipinski definition) is 5. The zero-order valence-electron chi connectivity index (χ0n) is 15.4. The molecular formula is C20H19F3N4O2. The lowest BCUT2D eigenvalue weighted by atomic mass is 9.69. The lowest BCUT2D eigenvalue weighted by molar-refractivity contribution is 0.0843. The number of nitrogens with one attached hydrogen (secondary N) is 1. The molecule has 0 saturated heterocycles. The number of rotatable bonds is 3. The van der Waals surface area contributed by atoms with Gasteiger partial charge >= 0.3 is 0 Å². The van der Waals surface area contributed by atoms with Gasteiger partial charge in [-0.25, -0.2) is 23.1 Å². The quantitative estimate of drug-likeness (QED) is 0.820. The molecule has 1 saturated carbocycles. The third kappa shape index (κ3) is 3.52. The van der Waals surface area contributed by atoms with Gasteiger partial charge in [0.2, 0.25) is 0 Å². The third-order valence-electron chi connectivity index (χ3n) is 5.49. The summed E-state index contributed by atoms with van der Waals surface area (Å²) in [5, 5.41) is 2.49. The van der Waals surface area contributed by atoms with Crippen LogP contribution in [0.25, 0.3) is 0 Å². The second-order valence-electron chi connectivity index (χ2n) is 7.26. The standard InChI is InChI=1S/C20H19F3N4O2/c21-12-7-16(23)17(25-9-12)18(28)26-13-4-5-15(22)14(8-13)20-6-2-1-3-11(20)10-29-19(24)27-20/h4-5,7-9,11H,1-3,6,10H2,(H2,24,27)(H,26,28). The zero-order chi connectivity index (χ0) is 20.6. The third-order valence-corrected chi connectivity index (χ3v) is 5.49. The number of anilines is 1. The zero-order valence-corrected chi connectivity index (χ0v) is 15.4. The average molecular weight is 404 g/mol. The van der Waals surface area contributed by atoms with Gasteiger partial charge in [0, 0.05) is 23.2 Å². The van der Waals surface area contributed by atoms with Crippen molar-refractivity contribution < 1.29 is 22.7 Å². The van der Waals surface area contributed by atoms with Gasteiger partial charge in [0.25, 0.3) is 11.9 Å². The molecule has 1 aliphatic heterocycles. The van der Waals surface area contributed by atoms with Crippen molar-refractivity contribution in [2.45, 2.75) is 31.2 Å². The summed E-state index contributed by atoms with van der Waals surface area (Å²) in [6, 6.07) is 4.65. The number of aromatic nitrogens is 1. The summed E-state index contributed by atoms with van der Waals surface area (Å²) in [6.45, 7) is 0.343. The van der Waals surface area contributed by atoms with Crippen LogP contribution in [0.5, 0.6) is 0 Å². The molecule has 0 spiro atoms. The molecule has 6 nitrogen and oxygen atoms in total. The van der Waals surface area contributed by atoms with Crippen molar-refractivity contribution in [2.24, 2.45) is 16.6 Å².